The number of amides is 2. The third-order valence-electron chi connectivity index (χ3n) is 5.07. The molecule has 0 unspecified atom stereocenters. The van der Waals surface area contributed by atoms with Crippen LogP contribution in [-0.4, -0.2) is 47.7 Å². The van der Waals surface area contributed by atoms with Crippen LogP contribution in [0.2, 0.25) is 0 Å². The molecule has 0 aliphatic heterocycles. The molecule has 11 heteroatoms. The van der Waals surface area contributed by atoms with Gasteiger partial charge in [0, 0.05) is 25.0 Å². The summed E-state index contributed by atoms with van der Waals surface area (Å²) in [6.07, 6.45) is 4.61. The van der Waals surface area contributed by atoms with E-state index in [4.69, 9.17) is 5.73 Å². The fraction of sp³-hybridized carbons (Fsp3) is 0.238. The fourth-order valence-corrected chi connectivity index (χ4v) is 3.20. The maximum absolute atomic E-state index is 12.4. The van der Waals surface area contributed by atoms with Gasteiger partial charge in [-0.2, -0.15) is 0 Å². The number of carbonyl (C=O) groups is 2. The van der Waals surface area contributed by atoms with Gasteiger partial charge in [-0.3, -0.25) is 9.59 Å². The van der Waals surface area contributed by atoms with Crippen molar-refractivity contribution in [2.75, 3.05) is 17.6 Å². The Morgan fingerprint density at radius 2 is 1.94 bits per heavy atom. The average molecular weight is 433 g/mol. The van der Waals surface area contributed by atoms with Gasteiger partial charge in [0.1, 0.15) is 30.7 Å². The van der Waals surface area contributed by atoms with Crippen LogP contribution in [0.4, 0.5) is 11.5 Å². The van der Waals surface area contributed by atoms with E-state index < -0.39 is 5.91 Å². The number of nitrogens with one attached hydrogen (secondary N) is 2. The van der Waals surface area contributed by atoms with Crippen molar-refractivity contribution in [2.45, 2.75) is 26.9 Å². The molecule has 0 bridgehead atoms. The summed E-state index contributed by atoms with van der Waals surface area (Å²) in [6, 6.07) is 7.47. The van der Waals surface area contributed by atoms with Gasteiger partial charge in [0.15, 0.2) is 0 Å². The second-order valence-electron chi connectivity index (χ2n) is 7.37. The molecular formula is C21H23N9O2. The van der Waals surface area contributed by atoms with Crippen molar-refractivity contribution in [1.29, 1.82) is 0 Å². The lowest BCUT2D eigenvalue weighted by Gasteiger charge is -2.07. The summed E-state index contributed by atoms with van der Waals surface area (Å²) in [7, 11) is 0. The van der Waals surface area contributed by atoms with Gasteiger partial charge >= 0.3 is 0 Å². The van der Waals surface area contributed by atoms with Crippen molar-refractivity contribution in [3.05, 3.63) is 60.1 Å². The van der Waals surface area contributed by atoms with Gasteiger partial charge in [0.05, 0.1) is 5.39 Å². The zero-order valence-electron chi connectivity index (χ0n) is 17.7. The predicted molar refractivity (Wildman–Crippen MR) is 119 cm³/mol. The van der Waals surface area contributed by atoms with E-state index in [0.29, 0.717) is 30.2 Å². The molecule has 11 nitrogen and oxygen atoms in total. The number of hydrogen-bond acceptors (Lipinski definition) is 7. The Bertz CT molecular complexity index is 1290. The first-order valence-corrected chi connectivity index (χ1v) is 10.0. The van der Waals surface area contributed by atoms with Crippen LogP contribution in [0.3, 0.4) is 0 Å². The molecule has 4 aromatic rings. The third-order valence-corrected chi connectivity index (χ3v) is 5.07. The smallest absolute Gasteiger partial charge is 0.295 e. The molecule has 1 aromatic carbocycles. The molecule has 3 heterocycles. The average Bonchev–Trinajstić information content (AvgIpc) is 3.39. The van der Waals surface area contributed by atoms with Crippen LogP contribution in [0.5, 0.6) is 0 Å². The Kier molecular flexibility index (Phi) is 5.79. The second-order valence-corrected chi connectivity index (χ2v) is 7.37. The lowest BCUT2D eigenvalue weighted by atomic mass is 10.1. The summed E-state index contributed by atoms with van der Waals surface area (Å²) < 4.78 is 3.21. The quantitative estimate of drug-likeness (QED) is 0.398. The largest absolute Gasteiger partial charge is 0.383 e. The molecule has 4 rings (SSSR count). The molecule has 0 atom stereocenters. The van der Waals surface area contributed by atoms with Gasteiger partial charge in [0.2, 0.25) is 11.7 Å². The molecule has 4 N–H and O–H groups in total. The van der Waals surface area contributed by atoms with Crippen LogP contribution in [0.15, 0.2) is 43.1 Å². The van der Waals surface area contributed by atoms with Gasteiger partial charge in [-0.05, 0) is 43.2 Å². The number of fused-ring (bicyclic) bond motifs is 1. The number of benzene rings is 1. The highest BCUT2D eigenvalue weighted by molar-refractivity contribution is 6.01. The van der Waals surface area contributed by atoms with Crippen LogP contribution in [0.25, 0.3) is 11.0 Å². The number of anilines is 2. The zero-order valence-corrected chi connectivity index (χ0v) is 17.7. The summed E-state index contributed by atoms with van der Waals surface area (Å²) in [4.78, 5) is 36.8. The van der Waals surface area contributed by atoms with Gasteiger partial charge in [-0.1, -0.05) is 6.07 Å². The van der Waals surface area contributed by atoms with Gasteiger partial charge in [-0.15, -0.1) is 5.10 Å². The SMILES string of the molecule is Cc1ccc(NC(=O)c2ncn(CC(=O)NCCn3ccc4c(N)ncnc43)n2)cc1C. The van der Waals surface area contributed by atoms with Crippen molar-refractivity contribution in [3.8, 4) is 0 Å². The van der Waals surface area contributed by atoms with Crippen molar-refractivity contribution in [2.24, 2.45) is 0 Å². The van der Waals surface area contributed by atoms with Crippen molar-refractivity contribution < 1.29 is 9.59 Å². The number of nitrogens with two attached hydrogens (primary N) is 1. The number of nitrogens with zero attached hydrogens (tertiary/aromatic N) is 6. The number of hydrogen-bond donors (Lipinski definition) is 3. The van der Waals surface area contributed by atoms with Crippen LogP contribution in [0, 0.1) is 13.8 Å². The highest BCUT2D eigenvalue weighted by atomic mass is 16.2. The summed E-state index contributed by atoms with van der Waals surface area (Å²) >= 11 is 0. The Morgan fingerprint density at radius 3 is 2.75 bits per heavy atom. The lowest BCUT2D eigenvalue weighted by Crippen LogP contribution is -2.30. The van der Waals surface area contributed by atoms with E-state index in [2.05, 4.69) is 30.7 Å². The minimum absolute atomic E-state index is 0.00730. The first kappa shape index (κ1) is 21.0. The number of rotatable bonds is 7. The second kappa shape index (κ2) is 8.84. The van der Waals surface area contributed by atoms with Gasteiger partial charge < -0.3 is 20.9 Å². The van der Waals surface area contributed by atoms with Crippen molar-refractivity contribution in [1.82, 2.24) is 34.6 Å². The number of carbonyl (C=O) groups excluding carboxylic acids is 2. The van der Waals surface area contributed by atoms with Crippen LogP contribution in [0.1, 0.15) is 21.7 Å². The van der Waals surface area contributed by atoms with E-state index in [1.54, 1.807) is 0 Å². The van der Waals surface area contributed by atoms with Crippen LogP contribution >= 0.6 is 0 Å². The fourth-order valence-electron chi connectivity index (χ4n) is 3.20. The Labute approximate surface area is 183 Å². The lowest BCUT2D eigenvalue weighted by molar-refractivity contribution is -0.121. The minimum atomic E-state index is -0.437. The van der Waals surface area contributed by atoms with E-state index in [1.807, 2.05) is 48.9 Å². The summed E-state index contributed by atoms with van der Waals surface area (Å²) in [5.41, 5.74) is 9.42. The Balaban J connectivity index is 1.29. The molecule has 0 aliphatic carbocycles. The number of aryl methyl sites for hydroxylation is 2. The highest BCUT2D eigenvalue weighted by Gasteiger charge is 2.14. The molecule has 164 valence electrons. The predicted octanol–water partition coefficient (Wildman–Crippen LogP) is 1.29. The maximum atomic E-state index is 12.4. The standard InChI is InChI=1S/C21H23N9O2/c1-13-3-4-15(9-14(13)2)27-21(32)19-26-12-30(28-19)10-17(31)23-6-8-29-7-5-16-18(22)24-11-25-20(16)29/h3-5,7,9,11-12H,6,8,10H2,1-2H3,(H,23,31)(H,27,32)(H2,22,24,25). The van der Waals surface area contributed by atoms with E-state index in [0.717, 1.165) is 16.5 Å². The van der Waals surface area contributed by atoms with E-state index in [9.17, 15) is 9.59 Å². The molecule has 2 amide bonds. The van der Waals surface area contributed by atoms with E-state index in [-0.39, 0.29) is 18.3 Å². The summed E-state index contributed by atoms with van der Waals surface area (Å²) in [6.45, 7) is 4.83. The third kappa shape index (κ3) is 4.56. The normalized spacial score (nSPS) is 10.9. The number of nitrogen functional groups attached to an aromatic ring is 1. The van der Waals surface area contributed by atoms with E-state index >= 15 is 0 Å². The van der Waals surface area contributed by atoms with Gasteiger partial charge in [-0.25, -0.2) is 19.6 Å². The molecule has 0 spiro atoms. The monoisotopic (exact) mass is 433 g/mol. The summed E-state index contributed by atoms with van der Waals surface area (Å²) in [5.74, 6) is -0.275. The molecule has 3 aromatic heterocycles. The molecule has 0 radical (unpaired) electrons. The molecule has 0 saturated carbocycles. The van der Waals surface area contributed by atoms with Crippen LogP contribution in [-0.2, 0) is 17.9 Å². The Hall–Kier alpha value is -4.28. The summed E-state index contributed by atoms with van der Waals surface area (Å²) in [5, 5.41) is 10.4. The molecule has 0 saturated heterocycles. The molecule has 0 fully saturated rings. The van der Waals surface area contributed by atoms with Crippen molar-refractivity contribution in [3.63, 3.8) is 0 Å². The van der Waals surface area contributed by atoms with E-state index in [1.165, 1.54) is 17.3 Å². The van der Waals surface area contributed by atoms with Crippen LogP contribution < -0.4 is 16.4 Å². The number of aromatic nitrogens is 6. The first-order valence-electron chi connectivity index (χ1n) is 10.0. The molecule has 0 aliphatic rings. The maximum Gasteiger partial charge on any atom is 0.295 e. The molecular weight excluding hydrogens is 410 g/mol. The first-order chi connectivity index (χ1) is 15.4. The van der Waals surface area contributed by atoms with Crippen molar-refractivity contribution >= 4 is 34.4 Å². The topological polar surface area (TPSA) is 146 Å². The Morgan fingerprint density at radius 1 is 1.09 bits per heavy atom. The zero-order chi connectivity index (χ0) is 22.7. The minimum Gasteiger partial charge on any atom is -0.383 e. The highest BCUT2D eigenvalue weighted by Crippen LogP contribution is 2.17. The molecule has 32 heavy (non-hydrogen) atoms. The van der Waals surface area contributed by atoms with Gasteiger partial charge in [0.25, 0.3) is 5.91 Å².